The van der Waals surface area contributed by atoms with Gasteiger partial charge in [-0.15, -0.1) is 0 Å². The van der Waals surface area contributed by atoms with Gasteiger partial charge in [0.05, 0.1) is 0 Å². The summed E-state index contributed by atoms with van der Waals surface area (Å²) in [7, 11) is 0. The van der Waals surface area contributed by atoms with Crippen molar-refractivity contribution >= 4 is 17.9 Å². The van der Waals surface area contributed by atoms with Crippen molar-refractivity contribution in [2.75, 3.05) is 11.5 Å². The molecule has 0 saturated carbocycles. The van der Waals surface area contributed by atoms with E-state index in [1.165, 1.54) is 0 Å². The van der Waals surface area contributed by atoms with Crippen LogP contribution in [0.4, 0.5) is 4.79 Å². The van der Waals surface area contributed by atoms with Crippen LogP contribution in [0.2, 0.25) is 0 Å². The number of carbonyl (C=O) groups excluding carboxylic acids is 1. The molecule has 0 unspecified atom stereocenters. The van der Waals surface area contributed by atoms with Crippen LogP contribution in [0.5, 0.6) is 0 Å². The fourth-order valence-electron chi connectivity index (χ4n) is 1.59. The molecule has 94 valence electrons. The van der Waals surface area contributed by atoms with E-state index in [4.69, 9.17) is 10.5 Å². The Morgan fingerprint density at radius 2 is 2.00 bits per heavy atom. The fraction of sp³-hybridized carbons (Fsp3) is 0.909. The number of carbonyl (C=O) groups is 1. The van der Waals surface area contributed by atoms with Crippen LogP contribution in [0.25, 0.3) is 0 Å². The molecule has 0 aromatic rings. The van der Waals surface area contributed by atoms with Crippen molar-refractivity contribution in [1.82, 2.24) is 5.32 Å². The summed E-state index contributed by atoms with van der Waals surface area (Å²) >= 11 is 1.89. The molecule has 5 heteroatoms. The second-order valence-corrected chi connectivity index (χ2v) is 6.33. The Morgan fingerprint density at radius 1 is 1.38 bits per heavy atom. The topological polar surface area (TPSA) is 64.3 Å². The predicted molar refractivity (Wildman–Crippen MR) is 67.7 cm³/mol. The van der Waals surface area contributed by atoms with Crippen LogP contribution in [-0.2, 0) is 4.74 Å². The number of ether oxygens (including phenoxy) is 1. The maximum atomic E-state index is 11.6. The number of alkyl carbamates (subject to hydrolysis) is 1. The fourth-order valence-corrected chi connectivity index (χ4v) is 2.65. The van der Waals surface area contributed by atoms with Crippen LogP contribution in [0, 0.1) is 0 Å². The van der Waals surface area contributed by atoms with Gasteiger partial charge in [-0.3, -0.25) is 0 Å². The van der Waals surface area contributed by atoms with Crippen LogP contribution in [0.15, 0.2) is 0 Å². The summed E-state index contributed by atoms with van der Waals surface area (Å²) in [5, 5.41) is 2.87. The Hall–Kier alpha value is -0.420. The van der Waals surface area contributed by atoms with Crippen molar-refractivity contribution in [2.45, 2.75) is 51.3 Å². The smallest absolute Gasteiger partial charge is 0.407 e. The van der Waals surface area contributed by atoms with Gasteiger partial charge in [-0.2, -0.15) is 11.8 Å². The van der Waals surface area contributed by atoms with E-state index in [1.807, 2.05) is 32.5 Å². The van der Waals surface area contributed by atoms with Gasteiger partial charge >= 0.3 is 6.09 Å². The minimum absolute atomic E-state index is 0.0440. The summed E-state index contributed by atoms with van der Waals surface area (Å²) in [6, 6.07) is 0.0902. The first-order valence-corrected chi connectivity index (χ1v) is 6.87. The molecule has 1 rings (SSSR count). The Balaban J connectivity index is 2.42. The molecule has 0 aromatic carbocycles. The van der Waals surface area contributed by atoms with Crippen LogP contribution in [0.1, 0.15) is 33.6 Å². The second kappa shape index (κ2) is 5.77. The minimum atomic E-state index is -0.451. The van der Waals surface area contributed by atoms with E-state index in [2.05, 4.69) is 5.32 Å². The first-order chi connectivity index (χ1) is 7.38. The number of hydrogen-bond donors (Lipinski definition) is 2. The lowest BCUT2D eigenvalue weighted by Crippen LogP contribution is -2.48. The zero-order valence-corrected chi connectivity index (χ0v) is 11.1. The monoisotopic (exact) mass is 246 g/mol. The Kier molecular flexibility index (Phi) is 4.92. The highest BCUT2D eigenvalue weighted by molar-refractivity contribution is 7.99. The van der Waals surface area contributed by atoms with Gasteiger partial charge < -0.3 is 15.8 Å². The molecule has 0 spiro atoms. The molecule has 0 aliphatic carbocycles. The molecule has 1 fully saturated rings. The predicted octanol–water partition coefficient (Wildman–Crippen LogP) is 1.73. The average molecular weight is 246 g/mol. The van der Waals surface area contributed by atoms with E-state index in [1.54, 1.807) is 0 Å². The largest absolute Gasteiger partial charge is 0.444 e. The van der Waals surface area contributed by atoms with Crippen molar-refractivity contribution < 1.29 is 9.53 Å². The van der Waals surface area contributed by atoms with Gasteiger partial charge in [0.15, 0.2) is 0 Å². The van der Waals surface area contributed by atoms with Gasteiger partial charge in [0.1, 0.15) is 5.60 Å². The molecule has 0 radical (unpaired) electrons. The van der Waals surface area contributed by atoms with Crippen molar-refractivity contribution in [1.29, 1.82) is 0 Å². The quantitative estimate of drug-likeness (QED) is 0.739. The van der Waals surface area contributed by atoms with E-state index in [0.717, 1.165) is 24.3 Å². The van der Waals surface area contributed by atoms with E-state index < -0.39 is 5.60 Å². The molecule has 16 heavy (non-hydrogen) atoms. The summed E-state index contributed by atoms with van der Waals surface area (Å²) in [5.41, 5.74) is 5.56. The zero-order chi connectivity index (χ0) is 12.2. The van der Waals surface area contributed by atoms with Gasteiger partial charge in [-0.05, 0) is 45.1 Å². The lowest BCUT2D eigenvalue weighted by Gasteiger charge is -2.25. The molecule has 0 bridgehead atoms. The van der Waals surface area contributed by atoms with Crippen LogP contribution >= 0.6 is 11.8 Å². The number of amides is 1. The Morgan fingerprint density at radius 3 is 2.62 bits per heavy atom. The number of hydrogen-bond acceptors (Lipinski definition) is 4. The summed E-state index contributed by atoms with van der Waals surface area (Å²) < 4.78 is 5.22. The SMILES string of the molecule is CC(C)(C)OC(=O)N[C@@H]1CCSCC[C@H]1N. The first kappa shape index (κ1) is 13.6. The number of nitrogens with two attached hydrogens (primary N) is 1. The molecular formula is C11H22N2O2S. The molecule has 2 atom stereocenters. The van der Waals surface area contributed by atoms with E-state index in [0.29, 0.717) is 0 Å². The first-order valence-electron chi connectivity index (χ1n) is 5.71. The third-order valence-electron chi connectivity index (χ3n) is 2.39. The molecule has 4 nitrogen and oxygen atoms in total. The third-order valence-corrected chi connectivity index (χ3v) is 3.44. The van der Waals surface area contributed by atoms with Crippen molar-refractivity contribution in [3.63, 3.8) is 0 Å². The summed E-state index contributed by atoms with van der Waals surface area (Å²) in [6.45, 7) is 5.57. The zero-order valence-electron chi connectivity index (χ0n) is 10.3. The van der Waals surface area contributed by atoms with Crippen molar-refractivity contribution in [3.05, 3.63) is 0 Å². The van der Waals surface area contributed by atoms with Gasteiger partial charge in [-0.25, -0.2) is 4.79 Å². The maximum Gasteiger partial charge on any atom is 0.407 e. The highest BCUT2D eigenvalue weighted by Gasteiger charge is 2.24. The van der Waals surface area contributed by atoms with Gasteiger partial charge in [0, 0.05) is 12.1 Å². The van der Waals surface area contributed by atoms with Gasteiger partial charge in [0.25, 0.3) is 0 Å². The number of thioether (sulfide) groups is 1. The lowest BCUT2D eigenvalue weighted by atomic mass is 10.0. The van der Waals surface area contributed by atoms with Gasteiger partial charge in [0.2, 0.25) is 0 Å². The second-order valence-electron chi connectivity index (χ2n) is 5.11. The highest BCUT2D eigenvalue weighted by Crippen LogP contribution is 2.17. The number of rotatable bonds is 1. The lowest BCUT2D eigenvalue weighted by molar-refractivity contribution is 0.0495. The van der Waals surface area contributed by atoms with Gasteiger partial charge in [-0.1, -0.05) is 0 Å². The van der Waals surface area contributed by atoms with Crippen LogP contribution < -0.4 is 11.1 Å². The standard InChI is InChI=1S/C11H22N2O2S/c1-11(2,3)15-10(14)13-9-5-7-16-6-4-8(9)12/h8-9H,4-7,12H2,1-3H3,(H,13,14)/t8-,9-/m1/s1. The summed E-state index contributed by atoms with van der Waals surface area (Å²) in [4.78, 5) is 11.6. The molecule has 1 aliphatic heterocycles. The summed E-state index contributed by atoms with van der Waals surface area (Å²) in [5.74, 6) is 2.13. The van der Waals surface area contributed by atoms with E-state index in [-0.39, 0.29) is 18.2 Å². The summed E-state index contributed by atoms with van der Waals surface area (Å²) in [6.07, 6.45) is 1.51. The normalized spacial score (nSPS) is 27.0. The van der Waals surface area contributed by atoms with E-state index in [9.17, 15) is 4.79 Å². The van der Waals surface area contributed by atoms with E-state index >= 15 is 0 Å². The molecule has 1 saturated heterocycles. The minimum Gasteiger partial charge on any atom is -0.444 e. The van der Waals surface area contributed by atoms with Crippen LogP contribution in [0.3, 0.4) is 0 Å². The molecule has 1 amide bonds. The molecular weight excluding hydrogens is 224 g/mol. The molecule has 1 heterocycles. The van der Waals surface area contributed by atoms with Crippen molar-refractivity contribution in [3.8, 4) is 0 Å². The van der Waals surface area contributed by atoms with Crippen LogP contribution in [-0.4, -0.2) is 35.3 Å². The molecule has 3 N–H and O–H groups in total. The van der Waals surface area contributed by atoms with Crippen molar-refractivity contribution in [2.24, 2.45) is 5.73 Å². The highest BCUT2D eigenvalue weighted by atomic mass is 32.2. The maximum absolute atomic E-state index is 11.6. The molecule has 0 aromatic heterocycles. The third kappa shape index (κ3) is 5.07. The Bertz CT molecular complexity index is 241. The molecule has 1 aliphatic rings. The number of nitrogens with one attached hydrogen (secondary N) is 1. The Labute approximate surface area is 102 Å². The average Bonchev–Trinajstić information content (AvgIpc) is 2.29.